The molecular formula is C27H29F2N5O3. The van der Waals surface area contributed by atoms with E-state index >= 15 is 0 Å². The van der Waals surface area contributed by atoms with Crippen molar-refractivity contribution >= 4 is 11.4 Å². The average molecular weight is 510 g/mol. The van der Waals surface area contributed by atoms with Crippen molar-refractivity contribution in [1.29, 1.82) is 0 Å². The Kier molecular flexibility index (Phi) is 7.40. The molecule has 2 aromatic carbocycles. The molecular weight excluding hydrogens is 480 g/mol. The van der Waals surface area contributed by atoms with E-state index in [0.717, 1.165) is 5.56 Å². The Morgan fingerprint density at radius 1 is 1.16 bits per heavy atom. The number of fused-ring (bicyclic) bond motifs is 1. The second-order valence-electron chi connectivity index (χ2n) is 9.40. The fourth-order valence-corrected chi connectivity index (χ4v) is 4.35. The summed E-state index contributed by atoms with van der Waals surface area (Å²) in [4.78, 5) is 31.3. The van der Waals surface area contributed by atoms with Crippen molar-refractivity contribution in [3.05, 3.63) is 87.3 Å². The van der Waals surface area contributed by atoms with Gasteiger partial charge in [0.05, 0.1) is 18.7 Å². The molecule has 194 valence electrons. The maximum Gasteiger partial charge on any atom is 0.275 e. The lowest BCUT2D eigenvalue weighted by Crippen LogP contribution is -2.35. The minimum atomic E-state index is -0.592. The van der Waals surface area contributed by atoms with Crippen molar-refractivity contribution in [3.8, 4) is 17.1 Å². The summed E-state index contributed by atoms with van der Waals surface area (Å²) in [6.07, 6.45) is 1.51. The highest BCUT2D eigenvalue weighted by molar-refractivity contribution is 5.98. The van der Waals surface area contributed by atoms with Gasteiger partial charge in [0.15, 0.2) is 17.4 Å². The zero-order valence-corrected chi connectivity index (χ0v) is 21.3. The number of rotatable bonds is 8. The molecule has 2 heterocycles. The zero-order valence-electron chi connectivity index (χ0n) is 21.3. The summed E-state index contributed by atoms with van der Waals surface area (Å²) < 4.78 is 34.1. The van der Waals surface area contributed by atoms with E-state index in [-0.39, 0.29) is 34.7 Å². The van der Waals surface area contributed by atoms with E-state index in [1.54, 1.807) is 18.2 Å². The van der Waals surface area contributed by atoms with Gasteiger partial charge in [-0.05, 0) is 55.9 Å². The molecule has 1 amide bonds. The first kappa shape index (κ1) is 26.0. The van der Waals surface area contributed by atoms with Crippen LogP contribution in [0.3, 0.4) is 0 Å². The Balaban J connectivity index is 1.77. The van der Waals surface area contributed by atoms with Crippen molar-refractivity contribution < 1.29 is 18.3 Å². The van der Waals surface area contributed by atoms with Gasteiger partial charge < -0.3 is 19.9 Å². The first-order chi connectivity index (χ1) is 17.6. The van der Waals surface area contributed by atoms with Crippen LogP contribution in [0.2, 0.25) is 0 Å². The van der Waals surface area contributed by atoms with Gasteiger partial charge in [0.2, 0.25) is 0 Å². The van der Waals surface area contributed by atoms with Gasteiger partial charge in [-0.3, -0.25) is 9.59 Å². The lowest BCUT2D eigenvalue weighted by Gasteiger charge is -2.23. The molecule has 8 nitrogen and oxygen atoms in total. The lowest BCUT2D eigenvalue weighted by atomic mass is 9.99. The number of nitrogens with one attached hydrogen (secondary N) is 2. The number of H-pyrrole nitrogens is 1. The molecule has 4 aromatic rings. The molecule has 0 aliphatic carbocycles. The third kappa shape index (κ3) is 5.39. The van der Waals surface area contributed by atoms with Crippen LogP contribution in [0.4, 0.5) is 8.78 Å². The Morgan fingerprint density at radius 2 is 1.86 bits per heavy atom. The molecule has 10 heteroatoms. The number of likely N-dealkylation sites (N-methyl/N-ethyl adjacent to an activating group) is 1. The molecule has 0 radical (unpaired) electrons. The maximum absolute atomic E-state index is 14.3. The number of amides is 1. The molecule has 1 unspecified atom stereocenters. The van der Waals surface area contributed by atoms with E-state index in [9.17, 15) is 18.4 Å². The summed E-state index contributed by atoms with van der Waals surface area (Å²) in [6, 6.07) is 9.80. The molecule has 0 spiro atoms. The van der Waals surface area contributed by atoms with E-state index in [1.165, 1.54) is 42.1 Å². The van der Waals surface area contributed by atoms with Crippen molar-refractivity contribution in [1.82, 2.24) is 24.8 Å². The quantitative estimate of drug-likeness (QED) is 0.373. The van der Waals surface area contributed by atoms with E-state index in [0.29, 0.717) is 23.2 Å². The van der Waals surface area contributed by atoms with Crippen LogP contribution in [0.1, 0.15) is 47.3 Å². The van der Waals surface area contributed by atoms with Gasteiger partial charge >= 0.3 is 0 Å². The van der Waals surface area contributed by atoms with Crippen LogP contribution in [0.5, 0.6) is 5.75 Å². The van der Waals surface area contributed by atoms with Crippen molar-refractivity contribution in [2.45, 2.75) is 25.8 Å². The number of carbonyl (C=O) groups is 1. The number of hydrogen-bond acceptors (Lipinski definition) is 5. The zero-order chi connectivity index (χ0) is 26.9. The van der Waals surface area contributed by atoms with E-state index < -0.39 is 17.4 Å². The summed E-state index contributed by atoms with van der Waals surface area (Å²) >= 11 is 0. The Hall–Kier alpha value is -4.05. The molecule has 1 atom stereocenters. The van der Waals surface area contributed by atoms with Crippen LogP contribution in [-0.2, 0) is 0 Å². The molecule has 0 saturated heterocycles. The smallest absolute Gasteiger partial charge is 0.275 e. The summed E-state index contributed by atoms with van der Waals surface area (Å²) in [7, 11) is 5.12. The Bertz CT molecular complexity index is 1490. The Morgan fingerprint density at radius 3 is 2.46 bits per heavy atom. The molecule has 2 N–H and O–H groups in total. The predicted octanol–water partition coefficient (Wildman–Crippen LogP) is 4.13. The van der Waals surface area contributed by atoms with Crippen molar-refractivity contribution in [2.24, 2.45) is 0 Å². The number of benzene rings is 2. The predicted molar refractivity (Wildman–Crippen MR) is 137 cm³/mol. The Labute approximate surface area is 212 Å². The SMILES string of the molecule is COc1ccc(-c2nn3cc(C(=O)NC(CN(C)C)c4ccc(F)cc4)c(C(C)C)c3c(=O)[nH]2)cc1F. The molecule has 0 bridgehead atoms. The average Bonchev–Trinajstić information content (AvgIpc) is 3.24. The minimum absolute atomic E-state index is 0.0719. The second-order valence-corrected chi connectivity index (χ2v) is 9.40. The third-order valence-electron chi connectivity index (χ3n) is 6.05. The van der Waals surface area contributed by atoms with Gasteiger partial charge in [-0.25, -0.2) is 13.3 Å². The molecule has 4 rings (SSSR count). The molecule has 2 aromatic heterocycles. The maximum atomic E-state index is 14.3. The summed E-state index contributed by atoms with van der Waals surface area (Å²) in [6.45, 7) is 4.25. The second kappa shape index (κ2) is 10.5. The van der Waals surface area contributed by atoms with Crippen molar-refractivity contribution in [2.75, 3.05) is 27.7 Å². The number of hydrogen-bond donors (Lipinski definition) is 2. The van der Waals surface area contributed by atoms with Crippen LogP contribution in [0.25, 0.3) is 16.9 Å². The molecule has 37 heavy (non-hydrogen) atoms. The van der Waals surface area contributed by atoms with Crippen LogP contribution < -0.4 is 15.6 Å². The number of aromatic amines is 1. The molecule has 0 aliphatic rings. The first-order valence-corrected chi connectivity index (χ1v) is 11.8. The summed E-state index contributed by atoms with van der Waals surface area (Å²) in [5, 5.41) is 7.49. The molecule has 0 saturated carbocycles. The van der Waals surface area contributed by atoms with Crippen LogP contribution in [0.15, 0.2) is 53.5 Å². The lowest BCUT2D eigenvalue weighted by molar-refractivity contribution is 0.0928. The van der Waals surface area contributed by atoms with Crippen LogP contribution in [0, 0.1) is 11.6 Å². The minimum Gasteiger partial charge on any atom is -0.494 e. The first-order valence-electron chi connectivity index (χ1n) is 11.8. The van der Waals surface area contributed by atoms with E-state index in [2.05, 4.69) is 15.4 Å². The van der Waals surface area contributed by atoms with Gasteiger partial charge in [0.25, 0.3) is 11.5 Å². The highest BCUT2D eigenvalue weighted by atomic mass is 19.1. The monoisotopic (exact) mass is 509 g/mol. The van der Waals surface area contributed by atoms with Crippen LogP contribution in [-0.4, -0.2) is 53.2 Å². The van der Waals surface area contributed by atoms with Crippen LogP contribution >= 0.6 is 0 Å². The van der Waals surface area contributed by atoms with Gasteiger partial charge in [-0.2, -0.15) is 0 Å². The molecule has 0 fully saturated rings. The highest BCUT2D eigenvalue weighted by Crippen LogP contribution is 2.27. The number of halogens is 2. The topological polar surface area (TPSA) is 91.7 Å². The fourth-order valence-electron chi connectivity index (χ4n) is 4.35. The largest absolute Gasteiger partial charge is 0.494 e. The summed E-state index contributed by atoms with van der Waals surface area (Å²) in [5.74, 6) is -1.29. The third-order valence-corrected chi connectivity index (χ3v) is 6.05. The number of nitrogens with zero attached hydrogens (tertiary/aromatic N) is 3. The van der Waals surface area contributed by atoms with Gasteiger partial charge in [-0.1, -0.05) is 26.0 Å². The van der Waals surface area contributed by atoms with E-state index in [1.807, 2.05) is 32.8 Å². The number of ether oxygens (including phenoxy) is 1. The van der Waals surface area contributed by atoms with Gasteiger partial charge in [0.1, 0.15) is 11.3 Å². The standard InChI is InChI=1S/C27H29F2N5O3/c1-15(2)23-19(26(35)30-21(14-33(3)4)16-6-9-18(28)10-7-16)13-34-24(23)27(36)31-25(32-34)17-8-11-22(37-5)20(29)12-17/h6-13,15,21H,14H2,1-5H3,(H,30,35)(H,31,32,36). The number of aromatic nitrogens is 3. The number of methoxy groups -OCH3 is 1. The normalized spacial score (nSPS) is 12.4. The van der Waals surface area contributed by atoms with E-state index in [4.69, 9.17) is 4.74 Å². The highest BCUT2D eigenvalue weighted by Gasteiger charge is 2.25. The van der Waals surface area contributed by atoms with Gasteiger partial charge in [0, 0.05) is 23.9 Å². The summed E-state index contributed by atoms with van der Waals surface area (Å²) in [5.41, 5.74) is 1.73. The number of carbonyl (C=O) groups excluding carboxylic acids is 1. The van der Waals surface area contributed by atoms with Crippen molar-refractivity contribution in [3.63, 3.8) is 0 Å². The van der Waals surface area contributed by atoms with Gasteiger partial charge in [-0.15, -0.1) is 5.10 Å². The molecule has 0 aliphatic heterocycles. The fraction of sp³-hybridized carbons (Fsp3) is 0.296.